The van der Waals surface area contributed by atoms with E-state index in [1.807, 2.05) is 13.0 Å². The Morgan fingerprint density at radius 1 is 1.19 bits per heavy atom. The Balaban J connectivity index is 1.32. The van der Waals surface area contributed by atoms with Crippen LogP contribution in [0.5, 0.6) is 5.75 Å². The minimum atomic E-state index is 0.246. The maximum Gasteiger partial charge on any atom is 0.137 e. The molecule has 5 nitrogen and oxygen atoms in total. The van der Waals surface area contributed by atoms with Crippen LogP contribution in [0, 0.1) is 12.8 Å². The van der Waals surface area contributed by atoms with Crippen LogP contribution in [-0.2, 0) is 17.7 Å². The summed E-state index contributed by atoms with van der Waals surface area (Å²) in [5.41, 5.74) is 2.18. The van der Waals surface area contributed by atoms with Crippen LogP contribution in [0.4, 0.5) is 0 Å². The van der Waals surface area contributed by atoms with Crippen LogP contribution in [0.25, 0.3) is 0 Å². The monoisotopic (exact) mass is 370 g/mol. The Bertz CT molecular complexity index is 724. The van der Waals surface area contributed by atoms with E-state index in [2.05, 4.69) is 34.7 Å². The molecule has 5 heteroatoms. The second-order valence-electron chi connectivity index (χ2n) is 7.87. The Hall–Kier alpha value is -1.85. The first kappa shape index (κ1) is 18.5. The van der Waals surface area contributed by atoms with Gasteiger partial charge in [-0.3, -0.25) is 0 Å². The van der Waals surface area contributed by atoms with Gasteiger partial charge in [-0.2, -0.15) is 0 Å². The maximum absolute atomic E-state index is 6.07. The molecule has 1 aromatic heterocycles. The largest absolute Gasteiger partial charge is 0.491 e. The van der Waals surface area contributed by atoms with Gasteiger partial charge < -0.3 is 19.3 Å². The van der Waals surface area contributed by atoms with E-state index in [4.69, 9.17) is 14.0 Å². The molecule has 0 amide bonds. The molecule has 27 heavy (non-hydrogen) atoms. The van der Waals surface area contributed by atoms with Gasteiger partial charge in [-0.15, -0.1) is 0 Å². The lowest BCUT2D eigenvalue weighted by atomic mass is 9.97. The molecule has 146 valence electrons. The number of nitrogens with zero attached hydrogens (tertiary/aromatic N) is 1. The molecule has 1 aliphatic carbocycles. The van der Waals surface area contributed by atoms with E-state index in [0.29, 0.717) is 18.6 Å². The summed E-state index contributed by atoms with van der Waals surface area (Å²) in [6.07, 6.45) is 7.19. The summed E-state index contributed by atoms with van der Waals surface area (Å²) in [6.45, 7) is 4.32. The highest BCUT2D eigenvalue weighted by Gasteiger charge is 2.28. The first-order chi connectivity index (χ1) is 13.3. The number of hydrogen-bond acceptors (Lipinski definition) is 5. The van der Waals surface area contributed by atoms with Crippen LogP contribution in [0.3, 0.4) is 0 Å². The molecular weight excluding hydrogens is 340 g/mol. The van der Waals surface area contributed by atoms with E-state index in [-0.39, 0.29) is 6.10 Å². The lowest BCUT2D eigenvalue weighted by molar-refractivity contribution is 0.0675. The first-order valence-corrected chi connectivity index (χ1v) is 10.3. The van der Waals surface area contributed by atoms with Crippen molar-refractivity contribution in [3.63, 3.8) is 0 Å². The topological polar surface area (TPSA) is 56.5 Å². The molecule has 1 N–H and O–H groups in total. The number of benzene rings is 1. The van der Waals surface area contributed by atoms with Crippen molar-refractivity contribution in [2.45, 2.75) is 64.1 Å². The minimum absolute atomic E-state index is 0.246. The fourth-order valence-electron chi connectivity index (χ4n) is 4.31. The van der Waals surface area contributed by atoms with Gasteiger partial charge in [-0.25, -0.2) is 0 Å². The zero-order chi connectivity index (χ0) is 18.5. The van der Waals surface area contributed by atoms with Crippen molar-refractivity contribution >= 4 is 0 Å². The van der Waals surface area contributed by atoms with E-state index in [0.717, 1.165) is 49.6 Å². The minimum Gasteiger partial charge on any atom is -0.491 e. The molecule has 1 aromatic carbocycles. The van der Waals surface area contributed by atoms with Crippen LogP contribution in [-0.4, -0.2) is 30.5 Å². The normalized spacial score (nSPS) is 25.1. The van der Waals surface area contributed by atoms with Crippen molar-refractivity contribution in [2.75, 3.05) is 13.2 Å². The average Bonchev–Trinajstić information content (AvgIpc) is 3.42. The molecule has 1 unspecified atom stereocenters. The Morgan fingerprint density at radius 2 is 2.11 bits per heavy atom. The molecule has 0 radical (unpaired) electrons. The highest BCUT2D eigenvalue weighted by Crippen LogP contribution is 2.30. The molecule has 0 bridgehead atoms. The van der Waals surface area contributed by atoms with Gasteiger partial charge in [-0.05, 0) is 44.6 Å². The van der Waals surface area contributed by atoms with Gasteiger partial charge in [0, 0.05) is 37.2 Å². The average molecular weight is 370 g/mol. The molecule has 2 heterocycles. The summed E-state index contributed by atoms with van der Waals surface area (Å²) in [7, 11) is 0. The summed E-state index contributed by atoms with van der Waals surface area (Å²) >= 11 is 0. The van der Waals surface area contributed by atoms with Gasteiger partial charge in [0.2, 0.25) is 0 Å². The predicted molar refractivity (Wildman–Crippen MR) is 104 cm³/mol. The fraction of sp³-hybridized carbons (Fsp3) is 0.591. The number of rotatable bonds is 8. The van der Waals surface area contributed by atoms with Crippen molar-refractivity contribution in [1.29, 1.82) is 0 Å². The van der Waals surface area contributed by atoms with E-state index >= 15 is 0 Å². The predicted octanol–water partition coefficient (Wildman–Crippen LogP) is 4.04. The fourth-order valence-corrected chi connectivity index (χ4v) is 4.31. The van der Waals surface area contributed by atoms with E-state index < -0.39 is 0 Å². The number of aromatic nitrogens is 1. The molecule has 0 spiro atoms. The molecular formula is C22H30N2O3. The number of aryl methyl sites for hydroxylation is 1. The SMILES string of the molecule is Cc1cc(C[C@@H]2CCC[C@H]2NCc2ccccc2OCC2CCCO2)on1. The van der Waals surface area contributed by atoms with Crippen LogP contribution in [0.1, 0.15) is 49.1 Å². The van der Waals surface area contributed by atoms with Crippen molar-refractivity contribution in [1.82, 2.24) is 10.5 Å². The quantitative estimate of drug-likeness (QED) is 0.760. The number of ether oxygens (including phenoxy) is 2. The molecule has 1 aliphatic heterocycles. The smallest absolute Gasteiger partial charge is 0.137 e. The molecule has 2 aliphatic rings. The summed E-state index contributed by atoms with van der Waals surface area (Å²) in [5, 5.41) is 7.79. The summed E-state index contributed by atoms with van der Waals surface area (Å²) < 4.78 is 17.2. The van der Waals surface area contributed by atoms with Crippen molar-refractivity contribution in [3.05, 3.63) is 47.3 Å². The summed E-state index contributed by atoms with van der Waals surface area (Å²) in [5.74, 6) is 2.59. The Kier molecular flexibility index (Phi) is 6.10. The number of para-hydroxylation sites is 1. The zero-order valence-electron chi connectivity index (χ0n) is 16.2. The molecule has 1 saturated heterocycles. The maximum atomic E-state index is 6.07. The van der Waals surface area contributed by atoms with Gasteiger partial charge in [0.25, 0.3) is 0 Å². The van der Waals surface area contributed by atoms with E-state index in [9.17, 15) is 0 Å². The zero-order valence-corrected chi connectivity index (χ0v) is 16.2. The Labute approximate surface area is 161 Å². The lowest BCUT2D eigenvalue weighted by Crippen LogP contribution is -2.33. The second-order valence-corrected chi connectivity index (χ2v) is 7.87. The Morgan fingerprint density at radius 3 is 2.93 bits per heavy atom. The van der Waals surface area contributed by atoms with E-state index in [1.54, 1.807) is 0 Å². The highest BCUT2D eigenvalue weighted by atomic mass is 16.5. The van der Waals surface area contributed by atoms with Crippen molar-refractivity contribution < 1.29 is 14.0 Å². The lowest BCUT2D eigenvalue weighted by Gasteiger charge is -2.21. The van der Waals surface area contributed by atoms with Gasteiger partial charge >= 0.3 is 0 Å². The van der Waals surface area contributed by atoms with Gasteiger partial charge in [0.15, 0.2) is 0 Å². The van der Waals surface area contributed by atoms with Gasteiger partial charge in [0.1, 0.15) is 18.1 Å². The summed E-state index contributed by atoms with van der Waals surface area (Å²) in [6, 6.07) is 10.9. The van der Waals surface area contributed by atoms with Crippen LogP contribution in [0.15, 0.2) is 34.9 Å². The standard InChI is InChI=1S/C22H30N2O3/c1-16-12-20(27-24-16)13-17-7-4-9-21(17)23-14-18-6-2-3-10-22(18)26-15-19-8-5-11-25-19/h2-3,6,10,12,17,19,21,23H,4-5,7-9,11,13-15H2,1H3/t17-,19?,21+/m0/s1. The number of nitrogens with one attached hydrogen (secondary N) is 1. The third-order valence-electron chi connectivity index (χ3n) is 5.78. The van der Waals surface area contributed by atoms with Crippen molar-refractivity contribution in [2.24, 2.45) is 5.92 Å². The van der Waals surface area contributed by atoms with Crippen LogP contribution >= 0.6 is 0 Å². The third kappa shape index (κ3) is 4.90. The molecule has 2 fully saturated rings. The summed E-state index contributed by atoms with van der Waals surface area (Å²) in [4.78, 5) is 0. The molecule has 4 rings (SSSR count). The van der Waals surface area contributed by atoms with E-state index in [1.165, 1.54) is 24.8 Å². The van der Waals surface area contributed by atoms with Gasteiger partial charge in [-0.1, -0.05) is 29.8 Å². The molecule has 1 saturated carbocycles. The highest BCUT2D eigenvalue weighted by molar-refractivity contribution is 5.33. The van der Waals surface area contributed by atoms with Crippen molar-refractivity contribution in [3.8, 4) is 5.75 Å². The van der Waals surface area contributed by atoms with Gasteiger partial charge in [0.05, 0.1) is 11.8 Å². The third-order valence-corrected chi connectivity index (χ3v) is 5.78. The molecule has 2 aromatic rings. The van der Waals surface area contributed by atoms with Crippen LogP contribution in [0.2, 0.25) is 0 Å². The second kappa shape index (κ2) is 8.89. The first-order valence-electron chi connectivity index (χ1n) is 10.3. The van der Waals surface area contributed by atoms with Crippen LogP contribution < -0.4 is 10.1 Å². The number of hydrogen-bond donors (Lipinski definition) is 1. The molecule has 3 atom stereocenters.